The van der Waals surface area contributed by atoms with Gasteiger partial charge in [-0.2, -0.15) is 0 Å². The minimum Gasteiger partial charge on any atom is -0.455 e. The summed E-state index contributed by atoms with van der Waals surface area (Å²) >= 11 is 0. The summed E-state index contributed by atoms with van der Waals surface area (Å²) in [5.41, 5.74) is 12.5. The standard InChI is InChI=1S/C42H35N3O/c1-26(2)32-17-11-18-33(27(3)4)39(32)45-37-23-31(29-15-9-6-10-16-29)25-43-41(37)44-42(45)36-20-12-19-35-34-22-21-30(24-38(34)46-40(35)36)28-13-7-5-8-14-28/h5-27H,1-4H3. The van der Waals surface area contributed by atoms with Crippen LogP contribution >= 0.6 is 0 Å². The van der Waals surface area contributed by atoms with Crippen LogP contribution in [0, 0.1) is 0 Å². The van der Waals surface area contributed by atoms with E-state index in [0.717, 1.165) is 55.5 Å². The Hall–Kier alpha value is -5.48. The Labute approximate surface area is 269 Å². The Bertz CT molecular complexity index is 2340. The molecule has 4 heteroatoms. The number of fused-ring (bicyclic) bond motifs is 4. The number of pyridine rings is 1. The fraction of sp³-hybridized carbons (Fsp3) is 0.143. The highest BCUT2D eigenvalue weighted by atomic mass is 16.3. The van der Waals surface area contributed by atoms with Crippen LogP contribution in [-0.4, -0.2) is 14.5 Å². The molecule has 0 bridgehead atoms. The number of furan rings is 1. The van der Waals surface area contributed by atoms with Crippen molar-refractivity contribution in [1.29, 1.82) is 0 Å². The molecular weight excluding hydrogens is 562 g/mol. The first kappa shape index (κ1) is 28.0. The van der Waals surface area contributed by atoms with Gasteiger partial charge in [0.1, 0.15) is 11.2 Å². The van der Waals surface area contributed by atoms with Crippen molar-refractivity contribution in [2.75, 3.05) is 0 Å². The van der Waals surface area contributed by atoms with E-state index in [1.165, 1.54) is 22.4 Å². The number of benzene rings is 5. The van der Waals surface area contributed by atoms with Crippen molar-refractivity contribution < 1.29 is 4.42 Å². The highest BCUT2D eigenvalue weighted by Crippen LogP contribution is 2.42. The molecule has 224 valence electrons. The first-order valence-electron chi connectivity index (χ1n) is 16.1. The lowest BCUT2D eigenvalue weighted by molar-refractivity contribution is 0.669. The van der Waals surface area contributed by atoms with Gasteiger partial charge in [0.15, 0.2) is 11.5 Å². The number of rotatable bonds is 6. The minimum atomic E-state index is 0.308. The largest absolute Gasteiger partial charge is 0.455 e. The molecular formula is C42H35N3O. The number of nitrogens with zero attached hydrogens (tertiary/aromatic N) is 3. The van der Waals surface area contributed by atoms with Gasteiger partial charge in [-0.3, -0.25) is 4.57 Å². The summed E-state index contributed by atoms with van der Waals surface area (Å²) in [4.78, 5) is 10.2. The third-order valence-corrected chi connectivity index (χ3v) is 9.03. The molecule has 8 aromatic rings. The predicted molar refractivity (Wildman–Crippen MR) is 191 cm³/mol. The van der Waals surface area contributed by atoms with E-state index in [1.54, 1.807) is 0 Å². The SMILES string of the molecule is CC(C)c1cccc(C(C)C)c1-n1c(-c2cccc3c2oc2cc(-c4ccccc4)ccc23)nc2ncc(-c3ccccc3)cc21. The van der Waals surface area contributed by atoms with Crippen LogP contribution in [0.2, 0.25) is 0 Å². The lowest BCUT2D eigenvalue weighted by Gasteiger charge is -2.22. The molecule has 0 atom stereocenters. The van der Waals surface area contributed by atoms with Gasteiger partial charge >= 0.3 is 0 Å². The molecule has 5 aromatic carbocycles. The summed E-state index contributed by atoms with van der Waals surface area (Å²) in [6.45, 7) is 9.05. The second-order valence-corrected chi connectivity index (χ2v) is 12.7. The van der Waals surface area contributed by atoms with Gasteiger partial charge in [-0.05, 0) is 63.9 Å². The maximum Gasteiger partial charge on any atom is 0.178 e. The Kier molecular flexibility index (Phi) is 6.79. The second-order valence-electron chi connectivity index (χ2n) is 12.7. The molecule has 0 aliphatic carbocycles. The van der Waals surface area contributed by atoms with Crippen molar-refractivity contribution in [3.63, 3.8) is 0 Å². The Morgan fingerprint density at radius 3 is 1.91 bits per heavy atom. The summed E-state index contributed by atoms with van der Waals surface area (Å²) in [5.74, 6) is 1.45. The number of para-hydroxylation sites is 2. The van der Waals surface area contributed by atoms with Crippen molar-refractivity contribution in [3.05, 3.63) is 139 Å². The third-order valence-electron chi connectivity index (χ3n) is 9.03. The molecule has 3 heterocycles. The average molecular weight is 598 g/mol. The van der Waals surface area contributed by atoms with Crippen molar-refractivity contribution in [2.45, 2.75) is 39.5 Å². The molecule has 8 rings (SSSR count). The smallest absolute Gasteiger partial charge is 0.178 e. The zero-order chi connectivity index (χ0) is 31.4. The van der Waals surface area contributed by atoms with Crippen LogP contribution in [0.1, 0.15) is 50.7 Å². The number of hydrogen-bond acceptors (Lipinski definition) is 3. The molecule has 0 unspecified atom stereocenters. The van der Waals surface area contributed by atoms with Crippen LogP contribution in [0.3, 0.4) is 0 Å². The normalized spacial score (nSPS) is 11.9. The van der Waals surface area contributed by atoms with E-state index < -0.39 is 0 Å². The Balaban J connectivity index is 1.44. The van der Waals surface area contributed by atoms with E-state index in [9.17, 15) is 0 Å². The third kappa shape index (κ3) is 4.60. The van der Waals surface area contributed by atoms with Crippen LogP contribution < -0.4 is 0 Å². The number of hydrogen-bond donors (Lipinski definition) is 0. The van der Waals surface area contributed by atoms with Crippen LogP contribution in [-0.2, 0) is 0 Å². The molecule has 0 aliphatic heterocycles. The molecule has 0 amide bonds. The van der Waals surface area contributed by atoms with E-state index in [2.05, 4.69) is 141 Å². The van der Waals surface area contributed by atoms with Gasteiger partial charge in [0.25, 0.3) is 0 Å². The lowest BCUT2D eigenvalue weighted by Crippen LogP contribution is -2.08. The molecule has 0 saturated heterocycles. The molecule has 4 nitrogen and oxygen atoms in total. The van der Waals surface area contributed by atoms with Gasteiger partial charge < -0.3 is 4.42 Å². The maximum absolute atomic E-state index is 6.76. The zero-order valence-corrected chi connectivity index (χ0v) is 26.5. The Morgan fingerprint density at radius 2 is 1.24 bits per heavy atom. The molecule has 0 spiro atoms. The second kappa shape index (κ2) is 11.1. The van der Waals surface area contributed by atoms with Crippen LogP contribution in [0.25, 0.3) is 72.4 Å². The number of imidazole rings is 1. The summed E-state index contributed by atoms with van der Waals surface area (Å²) < 4.78 is 9.11. The summed E-state index contributed by atoms with van der Waals surface area (Å²) in [6, 6.07) is 42.7. The molecule has 3 aromatic heterocycles. The Morgan fingerprint density at radius 1 is 0.587 bits per heavy atom. The molecule has 0 N–H and O–H groups in total. The minimum absolute atomic E-state index is 0.308. The van der Waals surface area contributed by atoms with Crippen molar-refractivity contribution in [3.8, 4) is 39.3 Å². The quantitative estimate of drug-likeness (QED) is 0.191. The van der Waals surface area contributed by atoms with Crippen LogP contribution in [0.15, 0.2) is 132 Å². The van der Waals surface area contributed by atoms with Gasteiger partial charge in [0.05, 0.1) is 16.8 Å². The molecule has 0 fully saturated rings. The molecule has 46 heavy (non-hydrogen) atoms. The fourth-order valence-corrected chi connectivity index (χ4v) is 6.71. The van der Waals surface area contributed by atoms with E-state index in [1.807, 2.05) is 18.3 Å². The van der Waals surface area contributed by atoms with Gasteiger partial charge in [-0.25, -0.2) is 9.97 Å². The fourth-order valence-electron chi connectivity index (χ4n) is 6.71. The van der Waals surface area contributed by atoms with Crippen molar-refractivity contribution >= 4 is 33.1 Å². The average Bonchev–Trinajstić information content (AvgIpc) is 3.66. The zero-order valence-electron chi connectivity index (χ0n) is 26.5. The summed E-state index contributed by atoms with van der Waals surface area (Å²) in [6.07, 6.45) is 1.93. The van der Waals surface area contributed by atoms with Gasteiger partial charge in [-0.1, -0.05) is 125 Å². The molecule has 0 radical (unpaired) electrons. The van der Waals surface area contributed by atoms with Crippen LogP contribution in [0.4, 0.5) is 0 Å². The van der Waals surface area contributed by atoms with E-state index >= 15 is 0 Å². The highest BCUT2D eigenvalue weighted by Gasteiger charge is 2.25. The highest BCUT2D eigenvalue weighted by molar-refractivity contribution is 6.10. The topological polar surface area (TPSA) is 43.9 Å². The molecule has 0 saturated carbocycles. The van der Waals surface area contributed by atoms with E-state index in [-0.39, 0.29) is 0 Å². The lowest BCUT2D eigenvalue weighted by atomic mass is 9.92. The van der Waals surface area contributed by atoms with Gasteiger partial charge in [0, 0.05) is 22.5 Å². The summed E-state index contributed by atoms with van der Waals surface area (Å²) in [7, 11) is 0. The number of aromatic nitrogens is 3. The maximum atomic E-state index is 6.76. The van der Waals surface area contributed by atoms with Crippen molar-refractivity contribution in [2.24, 2.45) is 0 Å². The first-order valence-corrected chi connectivity index (χ1v) is 16.1. The molecule has 0 aliphatic rings. The van der Waals surface area contributed by atoms with Gasteiger partial charge in [-0.15, -0.1) is 0 Å². The summed E-state index contributed by atoms with van der Waals surface area (Å²) in [5, 5.41) is 2.17. The van der Waals surface area contributed by atoms with Crippen LogP contribution in [0.5, 0.6) is 0 Å². The first-order chi connectivity index (χ1) is 22.5. The monoisotopic (exact) mass is 597 g/mol. The van der Waals surface area contributed by atoms with E-state index in [4.69, 9.17) is 14.4 Å². The van der Waals surface area contributed by atoms with E-state index in [0.29, 0.717) is 17.5 Å². The predicted octanol–water partition coefficient (Wildman–Crippen LogP) is 11.6. The van der Waals surface area contributed by atoms with Crippen molar-refractivity contribution in [1.82, 2.24) is 14.5 Å². The van der Waals surface area contributed by atoms with Gasteiger partial charge in [0.2, 0.25) is 0 Å².